The molecule has 6 rings (SSSR count). The predicted octanol–water partition coefficient (Wildman–Crippen LogP) is 7.68. The first kappa shape index (κ1) is 49.4. The highest BCUT2D eigenvalue weighted by atomic mass is 127. The zero-order valence-electron chi connectivity index (χ0n) is 33.8. The van der Waals surface area contributed by atoms with Crippen LogP contribution in [-0.4, -0.2) is 89.5 Å². The molecule has 0 unspecified atom stereocenters. The summed E-state index contributed by atoms with van der Waals surface area (Å²) in [6.07, 6.45) is 6.95. The number of esters is 4. The number of nitrogens with one attached hydrogen (secondary N) is 3. The number of rotatable bonds is 10. The summed E-state index contributed by atoms with van der Waals surface area (Å²) < 4.78 is 20.0. The fourth-order valence-electron chi connectivity index (χ4n) is 5.15. The molecule has 13 nitrogen and oxygen atoms in total. The Bertz CT molecular complexity index is 2050. The van der Waals surface area contributed by atoms with Gasteiger partial charge in [0.2, 0.25) is 0 Å². The molecule has 4 atom stereocenters. The van der Waals surface area contributed by atoms with E-state index in [4.69, 9.17) is 15.6 Å². The minimum atomic E-state index is -0.596. The Morgan fingerprint density at radius 2 is 1.00 bits per heavy atom. The molecule has 0 saturated carbocycles. The summed E-state index contributed by atoms with van der Waals surface area (Å²) in [4.78, 5) is 52.7. The summed E-state index contributed by atoms with van der Waals surface area (Å²) in [6, 6.07) is 23.8. The largest absolute Gasteiger partial charge is 0.469 e. The molecule has 0 radical (unpaired) electrons. The molecule has 6 N–H and O–H groups in total. The van der Waals surface area contributed by atoms with Crippen LogP contribution in [0.25, 0.3) is 32.7 Å². The van der Waals surface area contributed by atoms with E-state index in [-0.39, 0.29) is 48.2 Å². The van der Waals surface area contributed by atoms with Crippen LogP contribution in [0.1, 0.15) is 31.9 Å². The van der Waals surface area contributed by atoms with Crippen LogP contribution in [0.2, 0.25) is 0 Å². The molecule has 15 heteroatoms. The maximum atomic E-state index is 11.3. The molecule has 0 aliphatic carbocycles. The molecule has 58 heavy (non-hydrogen) atoms. The van der Waals surface area contributed by atoms with Crippen LogP contribution >= 0.6 is 38.5 Å². The van der Waals surface area contributed by atoms with Gasteiger partial charge < -0.3 is 44.7 Å². The van der Waals surface area contributed by atoms with Crippen LogP contribution in [0.15, 0.2) is 95.9 Å². The lowest BCUT2D eigenvalue weighted by Gasteiger charge is -2.08. The number of nitrogens with two attached hydrogens (primary N) is 1. The molecule has 314 valence electrons. The van der Waals surface area contributed by atoms with E-state index in [2.05, 4.69) is 91.9 Å². The number of carbonyl (C=O) groups is 4. The number of aromatic amines is 3. The van der Waals surface area contributed by atoms with Crippen molar-refractivity contribution in [2.45, 2.75) is 39.7 Å². The number of halogens is 2. The Balaban J connectivity index is 0.000000259. The summed E-state index contributed by atoms with van der Waals surface area (Å²) in [7, 11) is 5.48. The number of fused-ring (bicyclic) bond motifs is 3. The van der Waals surface area contributed by atoms with E-state index in [0.29, 0.717) is 12.8 Å². The number of carbonyl (C=O) groups excluding carboxylic acids is 4. The second-order valence-corrected chi connectivity index (χ2v) is 15.0. The molecular formula is C43H54BrIN4O9. The van der Waals surface area contributed by atoms with Gasteiger partial charge in [-0.1, -0.05) is 64.5 Å². The molecule has 3 aromatic heterocycles. The van der Waals surface area contributed by atoms with E-state index in [1.165, 1.54) is 44.7 Å². The molecule has 6 aromatic rings. The van der Waals surface area contributed by atoms with Gasteiger partial charge >= 0.3 is 23.9 Å². The van der Waals surface area contributed by atoms with Gasteiger partial charge in [-0.05, 0) is 102 Å². The molecule has 0 saturated heterocycles. The van der Waals surface area contributed by atoms with Gasteiger partial charge in [0.05, 0.1) is 52.8 Å². The normalized spacial score (nSPS) is 12.3. The molecule has 0 fully saturated rings. The zero-order chi connectivity index (χ0) is 43.2. The SMILES string of the molecule is Brc1ccc2[nH]ccc2c1.COC(=O)[C@@H](C)CI.COC(=O)[C@@H](C)CO.COC(=O)[C@@H](C)Cc1ccc2[nH]ccc2c1.COC(=O)[C@@H](N)Cc1ccc2[nH]ccc2c1. The Hall–Kier alpha value is -4.71. The van der Waals surface area contributed by atoms with Crippen molar-refractivity contribution in [1.82, 2.24) is 15.0 Å². The number of benzene rings is 3. The van der Waals surface area contributed by atoms with E-state index in [0.717, 1.165) is 36.4 Å². The average molecular weight is 978 g/mol. The van der Waals surface area contributed by atoms with Crippen LogP contribution < -0.4 is 5.73 Å². The van der Waals surface area contributed by atoms with Crippen molar-refractivity contribution in [2.24, 2.45) is 23.5 Å². The van der Waals surface area contributed by atoms with Crippen molar-refractivity contribution in [3.8, 4) is 0 Å². The maximum Gasteiger partial charge on any atom is 0.322 e. The Labute approximate surface area is 361 Å². The lowest BCUT2D eigenvalue weighted by molar-refractivity contribution is -0.146. The third kappa shape index (κ3) is 16.6. The number of alkyl halides is 1. The van der Waals surface area contributed by atoms with Gasteiger partial charge in [0.15, 0.2) is 0 Å². The monoisotopic (exact) mass is 976 g/mol. The first-order valence-electron chi connectivity index (χ1n) is 18.3. The maximum absolute atomic E-state index is 11.3. The number of aromatic nitrogens is 3. The summed E-state index contributed by atoms with van der Waals surface area (Å²) >= 11 is 5.55. The van der Waals surface area contributed by atoms with Gasteiger partial charge in [0.1, 0.15) is 6.04 Å². The number of hydrogen-bond acceptors (Lipinski definition) is 10. The van der Waals surface area contributed by atoms with Gasteiger partial charge in [-0.25, -0.2) is 0 Å². The minimum Gasteiger partial charge on any atom is -0.469 e. The second-order valence-electron chi connectivity index (χ2n) is 13.2. The Kier molecular flexibility index (Phi) is 22.4. The number of H-pyrrole nitrogens is 3. The van der Waals surface area contributed by atoms with Gasteiger partial charge in [-0.3, -0.25) is 19.2 Å². The average Bonchev–Trinajstić information content (AvgIpc) is 4.04. The minimum absolute atomic E-state index is 0.0422. The highest BCUT2D eigenvalue weighted by Crippen LogP contribution is 2.19. The van der Waals surface area contributed by atoms with E-state index in [1.807, 2.05) is 81.0 Å². The third-order valence-electron chi connectivity index (χ3n) is 8.57. The number of aliphatic hydroxyl groups excluding tert-OH is 1. The zero-order valence-corrected chi connectivity index (χ0v) is 37.6. The number of ether oxygens (including phenoxy) is 4. The van der Waals surface area contributed by atoms with Gasteiger partial charge in [0, 0.05) is 49.4 Å². The predicted molar refractivity (Wildman–Crippen MR) is 240 cm³/mol. The standard InChI is InChI=1S/C13H15NO2.C12H14N2O2.C8H6BrN.C5H9IO2.C5H10O3/c1-9(13(15)16-2)7-10-3-4-12-11(8-10)5-6-14-12;1-16-12(15)10(13)7-8-2-3-11-9(6-8)4-5-14-11;9-7-1-2-8-6(5-7)3-4-10-8;2*1-4(3-6)5(7)8-2/h3-6,8-9,14H,7H2,1-2H3;2-6,10,14H,7,13H2,1H3;1-5,10H;4H,3H2,1-2H3;4,6H,3H2,1-2H3/t9-;10-;;2*4-/m00.00/s1. The van der Waals surface area contributed by atoms with Crippen molar-refractivity contribution in [2.75, 3.05) is 39.5 Å². The highest BCUT2D eigenvalue weighted by Gasteiger charge is 2.15. The summed E-state index contributed by atoms with van der Waals surface area (Å²) in [6.45, 7) is 5.18. The summed E-state index contributed by atoms with van der Waals surface area (Å²) in [5.41, 5.74) is 11.3. The first-order chi connectivity index (χ1) is 27.7. The second kappa shape index (κ2) is 26.3. The van der Waals surface area contributed by atoms with Crippen LogP contribution in [0, 0.1) is 17.8 Å². The smallest absolute Gasteiger partial charge is 0.322 e. The molecule has 3 aromatic carbocycles. The Morgan fingerprint density at radius 3 is 1.40 bits per heavy atom. The van der Waals surface area contributed by atoms with E-state index >= 15 is 0 Å². The molecule has 0 amide bonds. The quantitative estimate of drug-likeness (QED) is 0.0393. The third-order valence-corrected chi connectivity index (χ3v) is 10.4. The molecular weight excluding hydrogens is 923 g/mol. The lowest BCUT2D eigenvalue weighted by Crippen LogP contribution is -2.33. The van der Waals surface area contributed by atoms with Crippen molar-refractivity contribution < 1.29 is 43.2 Å². The number of aliphatic hydroxyl groups is 1. The van der Waals surface area contributed by atoms with Crippen LogP contribution in [-0.2, 0) is 51.0 Å². The van der Waals surface area contributed by atoms with E-state index in [9.17, 15) is 19.2 Å². The number of hydrogen-bond donors (Lipinski definition) is 5. The van der Waals surface area contributed by atoms with Crippen molar-refractivity contribution in [1.29, 1.82) is 0 Å². The fourth-order valence-corrected chi connectivity index (χ4v) is 5.89. The first-order valence-corrected chi connectivity index (χ1v) is 20.6. The van der Waals surface area contributed by atoms with Gasteiger partial charge in [0.25, 0.3) is 0 Å². The molecule has 0 aliphatic heterocycles. The van der Waals surface area contributed by atoms with Gasteiger partial charge in [-0.2, -0.15) is 0 Å². The molecule has 0 aliphatic rings. The molecule has 3 heterocycles. The fraction of sp³-hybridized carbons (Fsp3) is 0.349. The Morgan fingerprint density at radius 1 is 0.603 bits per heavy atom. The van der Waals surface area contributed by atoms with E-state index < -0.39 is 6.04 Å². The molecule has 0 bridgehead atoms. The van der Waals surface area contributed by atoms with Crippen molar-refractivity contribution >= 4 is 95.1 Å². The highest BCUT2D eigenvalue weighted by molar-refractivity contribution is 14.1. The van der Waals surface area contributed by atoms with E-state index in [1.54, 1.807) is 6.92 Å². The summed E-state index contributed by atoms with van der Waals surface area (Å²) in [5.74, 6) is -1.47. The van der Waals surface area contributed by atoms with Gasteiger partial charge in [-0.15, -0.1) is 0 Å². The van der Waals surface area contributed by atoms with Crippen molar-refractivity contribution in [3.05, 3.63) is 107 Å². The van der Waals surface area contributed by atoms with Crippen molar-refractivity contribution in [3.63, 3.8) is 0 Å². The topological polar surface area (TPSA) is 199 Å². The number of methoxy groups -OCH3 is 4. The lowest BCUT2D eigenvalue weighted by atomic mass is 10.0. The summed E-state index contributed by atoms with van der Waals surface area (Å²) in [5, 5.41) is 11.9. The van der Waals surface area contributed by atoms with Crippen LogP contribution in [0.3, 0.4) is 0 Å². The van der Waals surface area contributed by atoms with Crippen LogP contribution in [0.4, 0.5) is 0 Å². The molecule has 0 spiro atoms. The van der Waals surface area contributed by atoms with Crippen LogP contribution in [0.5, 0.6) is 0 Å².